The van der Waals surface area contributed by atoms with Crippen LogP contribution >= 0.6 is 0 Å². The Kier molecular flexibility index (Phi) is 3.09. The third-order valence-corrected chi connectivity index (χ3v) is 4.91. The molecule has 2 heteroatoms. The van der Waals surface area contributed by atoms with Gasteiger partial charge in [-0.05, 0) is 44.1 Å². The highest BCUT2D eigenvalue weighted by molar-refractivity contribution is 4.92. The second kappa shape index (κ2) is 4.06. The van der Waals surface area contributed by atoms with Crippen molar-refractivity contribution in [3.63, 3.8) is 0 Å². The van der Waals surface area contributed by atoms with Crippen molar-refractivity contribution < 1.29 is 0 Å². The summed E-state index contributed by atoms with van der Waals surface area (Å²) >= 11 is 0. The van der Waals surface area contributed by atoms with Crippen molar-refractivity contribution in [2.45, 2.75) is 58.5 Å². The van der Waals surface area contributed by atoms with Crippen molar-refractivity contribution in [1.82, 2.24) is 4.90 Å². The molecule has 2 nitrogen and oxygen atoms in total. The van der Waals surface area contributed by atoms with Crippen molar-refractivity contribution >= 4 is 0 Å². The molecule has 1 heterocycles. The predicted molar refractivity (Wildman–Crippen MR) is 64.7 cm³/mol. The van der Waals surface area contributed by atoms with Crippen LogP contribution in [-0.4, -0.2) is 30.1 Å². The molecule has 2 aliphatic rings. The van der Waals surface area contributed by atoms with E-state index >= 15 is 0 Å². The highest BCUT2D eigenvalue weighted by Crippen LogP contribution is 2.42. The maximum absolute atomic E-state index is 6.11. The number of hydrogen-bond donors (Lipinski definition) is 1. The number of nitrogens with two attached hydrogens (primary N) is 1. The minimum absolute atomic E-state index is 0.422. The number of nitrogens with zero attached hydrogens (tertiary/aromatic N) is 1. The van der Waals surface area contributed by atoms with Gasteiger partial charge >= 0.3 is 0 Å². The standard InChI is InChI=1S/C13H26N2/c1-10-11(2)15(8-5-12(10)14)9-13(3)6-4-7-13/h10-12H,4-9,14H2,1-3H3. The average Bonchev–Trinajstić information content (AvgIpc) is 2.17. The Morgan fingerprint density at radius 3 is 2.53 bits per heavy atom. The van der Waals surface area contributed by atoms with Gasteiger partial charge in [-0.2, -0.15) is 0 Å². The molecule has 3 atom stereocenters. The molecule has 2 rings (SSSR count). The van der Waals surface area contributed by atoms with Gasteiger partial charge in [0.25, 0.3) is 0 Å². The van der Waals surface area contributed by atoms with E-state index in [0.29, 0.717) is 23.4 Å². The summed E-state index contributed by atoms with van der Waals surface area (Å²) in [6, 6.07) is 1.09. The summed E-state index contributed by atoms with van der Waals surface area (Å²) < 4.78 is 0. The van der Waals surface area contributed by atoms with Crippen LogP contribution in [0, 0.1) is 11.3 Å². The zero-order valence-electron chi connectivity index (χ0n) is 10.5. The van der Waals surface area contributed by atoms with Gasteiger partial charge in [0.05, 0.1) is 0 Å². The molecular weight excluding hydrogens is 184 g/mol. The summed E-state index contributed by atoms with van der Waals surface area (Å²) in [6.45, 7) is 9.62. The predicted octanol–water partition coefficient (Wildman–Crippen LogP) is 2.23. The molecule has 3 unspecified atom stereocenters. The Hall–Kier alpha value is -0.0800. The Morgan fingerprint density at radius 1 is 1.33 bits per heavy atom. The number of piperidine rings is 1. The molecule has 0 aromatic heterocycles. The topological polar surface area (TPSA) is 29.3 Å². The van der Waals surface area contributed by atoms with Crippen LogP contribution in [0.2, 0.25) is 0 Å². The molecule has 0 radical (unpaired) electrons. The molecule has 1 saturated carbocycles. The van der Waals surface area contributed by atoms with Gasteiger partial charge in [0, 0.05) is 18.6 Å². The molecule has 0 spiro atoms. The van der Waals surface area contributed by atoms with Gasteiger partial charge in [-0.3, -0.25) is 4.90 Å². The van der Waals surface area contributed by atoms with Crippen molar-refractivity contribution in [2.24, 2.45) is 17.1 Å². The van der Waals surface area contributed by atoms with Crippen LogP contribution in [0.3, 0.4) is 0 Å². The second-order valence-electron chi connectivity index (χ2n) is 6.19. The second-order valence-corrected chi connectivity index (χ2v) is 6.19. The van der Waals surface area contributed by atoms with Crippen LogP contribution in [0.15, 0.2) is 0 Å². The van der Waals surface area contributed by atoms with Crippen molar-refractivity contribution in [3.8, 4) is 0 Å². The van der Waals surface area contributed by atoms with E-state index in [1.54, 1.807) is 0 Å². The number of likely N-dealkylation sites (tertiary alicyclic amines) is 1. The van der Waals surface area contributed by atoms with Crippen LogP contribution in [0.25, 0.3) is 0 Å². The summed E-state index contributed by atoms with van der Waals surface area (Å²) in [7, 11) is 0. The molecular formula is C13H26N2. The Labute approximate surface area is 94.2 Å². The summed E-state index contributed by atoms with van der Waals surface area (Å²) in [5.41, 5.74) is 6.73. The Morgan fingerprint density at radius 2 is 2.00 bits per heavy atom. The van der Waals surface area contributed by atoms with Crippen molar-refractivity contribution in [3.05, 3.63) is 0 Å². The molecule has 0 aromatic rings. The first-order valence-electron chi connectivity index (χ1n) is 6.51. The maximum atomic E-state index is 6.11. The lowest BCUT2D eigenvalue weighted by Gasteiger charge is -2.48. The summed E-state index contributed by atoms with van der Waals surface area (Å²) in [4.78, 5) is 2.67. The van der Waals surface area contributed by atoms with Crippen LogP contribution in [0.5, 0.6) is 0 Å². The molecule has 1 saturated heterocycles. The Balaban J connectivity index is 1.92. The molecule has 2 N–H and O–H groups in total. The van der Waals surface area contributed by atoms with E-state index in [4.69, 9.17) is 5.73 Å². The molecule has 1 aliphatic heterocycles. The van der Waals surface area contributed by atoms with Gasteiger partial charge in [-0.15, -0.1) is 0 Å². The zero-order chi connectivity index (χ0) is 11.1. The lowest BCUT2D eigenvalue weighted by molar-refractivity contribution is 0.0220. The minimum Gasteiger partial charge on any atom is -0.327 e. The fourth-order valence-corrected chi connectivity index (χ4v) is 3.12. The quantitative estimate of drug-likeness (QED) is 0.757. The van der Waals surface area contributed by atoms with E-state index in [2.05, 4.69) is 25.7 Å². The molecule has 1 aliphatic carbocycles. The zero-order valence-corrected chi connectivity index (χ0v) is 10.5. The van der Waals surface area contributed by atoms with Crippen molar-refractivity contribution in [1.29, 1.82) is 0 Å². The highest BCUT2D eigenvalue weighted by atomic mass is 15.2. The third-order valence-electron chi connectivity index (χ3n) is 4.91. The first kappa shape index (κ1) is 11.4. The van der Waals surface area contributed by atoms with E-state index < -0.39 is 0 Å². The van der Waals surface area contributed by atoms with Crippen molar-refractivity contribution in [2.75, 3.05) is 13.1 Å². The van der Waals surface area contributed by atoms with Crippen LogP contribution < -0.4 is 5.73 Å². The maximum Gasteiger partial charge on any atom is 0.0108 e. The molecule has 0 amide bonds. The summed E-state index contributed by atoms with van der Waals surface area (Å²) in [6.07, 6.45) is 5.47. The van der Waals surface area contributed by atoms with E-state index in [1.165, 1.54) is 38.8 Å². The van der Waals surface area contributed by atoms with E-state index in [-0.39, 0.29) is 0 Å². The number of rotatable bonds is 2. The van der Waals surface area contributed by atoms with E-state index in [0.717, 1.165) is 0 Å². The molecule has 15 heavy (non-hydrogen) atoms. The highest BCUT2D eigenvalue weighted by Gasteiger charge is 2.38. The van der Waals surface area contributed by atoms with Gasteiger partial charge in [0.2, 0.25) is 0 Å². The van der Waals surface area contributed by atoms with Crippen LogP contribution in [0.4, 0.5) is 0 Å². The molecule has 0 bridgehead atoms. The first-order valence-corrected chi connectivity index (χ1v) is 6.51. The van der Waals surface area contributed by atoms with Gasteiger partial charge in [-0.25, -0.2) is 0 Å². The lowest BCUT2D eigenvalue weighted by atomic mass is 9.69. The smallest absolute Gasteiger partial charge is 0.0108 e. The monoisotopic (exact) mass is 210 g/mol. The van der Waals surface area contributed by atoms with Gasteiger partial charge in [0.15, 0.2) is 0 Å². The lowest BCUT2D eigenvalue weighted by Crippen LogP contribution is -2.54. The largest absolute Gasteiger partial charge is 0.327 e. The normalized spacial score (nSPS) is 41.2. The Bertz CT molecular complexity index is 223. The molecule has 2 fully saturated rings. The fraction of sp³-hybridized carbons (Fsp3) is 1.00. The first-order chi connectivity index (χ1) is 7.02. The van der Waals surface area contributed by atoms with Crippen LogP contribution in [0.1, 0.15) is 46.5 Å². The SMILES string of the molecule is CC1C(N)CCN(CC2(C)CCC2)C1C. The summed E-state index contributed by atoms with van der Waals surface area (Å²) in [5, 5.41) is 0. The molecule has 0 aromatic carbocycles. The van der Waals surface area contributed by atoms with E-state index in [9.17, 15) is 0 Å². The van der Waals surface area contributed by atoms with Gasteiger partial charge < -0.3 is 5.73 Å². The fourth-order valence-electron chi connectivity index (χ4n) is 3.12. The average molecular weight is 210 g/mol. The number of hydrogen-bond acceptors (Lipinski definition) is 2. The van der Waals surface area contributed by atoms with Gasteiger partial charge in [-0.1, -0.05) is 20.3 Å². The van der Waals surface area contributed by atoms with Gasteiger partial charge in [0.1, 0.15) is 0 Å². The molecule has 88 valence electrons. The van der Waals surface area contributed by atoms with E-state index in [1.807, 2.05) is 0 Å². The van der Waals surface area contributed by atoms with Crippen LogP contribution in [-0.2, 0) is 0 Å². The third kappa shape index (κ3) is 2.21. The summed E-state index contributed by atoms with van der Waals surface area (Å²) in [5.74, 6) is 0.655. The minimum atomic E-state index is 0.422.